The van der Waals surface area contributed by atoms with Gasteiger partial charge in [0.25, 0.3) is 0 Å². The Morgan fingerprint density at radius 2 is 1.93 bits per heavy atom. The minimum absolute atomic E-state index is 0.00690. The maximum absolute atomic E-state index is 5.96. The van der Waals surface area contributed by atoms with Gasteiger partial charge >= 0.3 is 0 Å². The molecular weight excluding hydrogens is 334 g/mol. The maximum atomic E-state index is 5.96. The van der Waals surface area contributed by atoms with Gasteiger partial charge in [0, 0.05) is 23.9 Å². The highest BCUT2D eigenvalue weighted by Crippen LogP contribution is 2.27. The minimum Gasteiger partial charge on any atom is -0.489 e. The third-order valence-electron chi connectivity index (χ3n) is 4.93. The molecule has 2 aromatic carbocycles. The van der Waals surface area contributed by atoms with Crippen LogP contribution in [0.15, 0.2) is 76.2 Å². The lowest BCUT2D eigenvalue weighted by Crippen LogP contribution is -2.39. The number of benzene rings is 2. The zero-order valence-corrected chi connectivity index (χ0v) is 15.8. The molecule has 0 saturated carbocycles. The molecule has 138 valence electrons. The topological polar surface area (TPSA) is 46.0 Å². The summed E-state index contributed by atoms with van der Waals surface area (Å²) >= 11 is 0. The molecule has 0 saturated heterocycles. The van der Waals surface area contributed by atoms with Crippen molar-refractivity contribution in [3.05, 3.63) is 77.4 Å². The Hall–Kier alpha value is -2.72. The van der Waals surface area contributed by atoms with E-state index < -0.39 is 0 Å². The van der Waals surface area contributed by atoms with E-state index >= 15 is 0 Å². The summed E-state index contributed by atoms with van der Waals surface area (Å²) in [5.74, 6) is 1.32. The average molecular weight is 359 g/mol. The third kappa shape index (κ3) is 4.17. The van der Waals surface area contributed by atoms with Crippen LogP contribution in [0.25, 0.3) is 0 Å². The second-order valence-electron chi connectivity index (χ2n) is 7.28. The van der Waals surface area contributed by atoms with Crippen molar-refractivity contribution in [2.75, 3.05) is 0 Å². The Morgan fingerprint density at radius 3 is 2.74 bits per heavy atom. The van der Waals surface area contributed by atoms with Gasteiger partial charge < -0.3 is 4.74 Å². The molecule has 0 fully saturated rings. The van der Waals surface area contributed by atoms with Gasteiger partial charge in [-0.05, 0) is 29.2 Å². The molecule has 1 N–H and O–H groups in total. The average Bonchev–Trinajstić information content (AvgIpc) is 2.72. The van der Waals surface area contributed by atoms with Crippen LogP contribution in [0, 0.1) is 5.92 Å². The number of nitrogens with zero attached hydrogens (tertiary/aromatic N) is 2. The van der Waals surface area contributed by atoms with Gasteiger partial charge in [-0.25, -0.2) is 0 Å². The third-order valence-corrected chi connectivity index (χ3v) is 4.93. The van der Waals surface area contributed by atoms with E-state index in [2.05, 4.69) is 54.5 Å². The van der Waals surface area contributed by atoms with Gasteiger partial charge in [-0.1, -0.05) is 62.4 Å². The molecule has 0 amide bonds. The molecule has 2 aliphatic heterocycles. The van der Waals surface area contributed by atoms with Crippen LogP contribution in [-0.2, 0) is 6.61 Å². The fraction of sp³-hybridized carbons (Fsp3) is 0.304. The molecular formula is C23H25N3O. The Kier molecular flexibility index (Phi) is 5.16. The van der Waals surface area contributed by atoms with E-state index in [-0.39, 0.29) is 12.3 Å². The molecule has 2 aromatic rings. The number of allylic oxidation sites excluding steroid dienone is 1. The van der Waals surface area contributed by atoms with E-state index in [4.69, 9.17) is 9.73 Å². The molecule has 0 spiro atoms. The standard InChI is InChI=1S/C23H25N3O/c1-16(2)21-12-11-19-14-24-22(26-23(19)25-21)18-9-6-10-20(13-18)27-15-17-7-4-3-5-8-17/h3-11,13-14,16,22-23,26H,12,15H2,1-2H3. The lowest BCUT2D eigenvalue weighted by atomic mass is 9.98. The van der Waals surface area contributed by atoms with E-state index in [1.54, 1.807) is 0 Å². The summed E-state index contributed by atoms with van der Waals surface area (Å²) in [5, 5.41) is 3.55. The number of hydrogen-bond donors (Lipinski definition) is 1. The first-order valence-corrected chi connectivity index (χ1v) is 9.51. The van der Waals surface area contributed by atoms with Crippen molar-refractivity contribution >= 4 is 11.9 Å². The predicted molar refractivity (Wildman–Crippen MR) is 110 cm³/mol. The van der Waals surface area contributed by atoms with Crippen LogP contribution in [0.5, 0.6) is 5.75 Å². The monoisotopic (exact) mass is 359 g/mol. The van der Waals surface area contributed by atoms with Crippen molar-refractivity contribution < 1.29 is 4.74 Å². The van der Waals surface area contributed by atoms with Crippen molar-refractivity contribution in [3.63, 3.8) is 0 Å². The lowest BCUT2D eigenvalue weighted by molar-refractivity contribution is 0.305. The van der Waals surface area contributed by atoms with Gasteiger partial charge in [0.1, 0.15) is 24.7 Å². The van der Waals surface area contributed by atoms with Crippen LogP contribution in [0.4, 0.5) is 0 Å². The molecule has 4 rings (SSSR count). The first-order valence-electron chi connectivity index (χ1n) is 9.51. The first-order chi connectivity index (χ1) is 13.2. The summed E-state index contributed by atoms with van der Waals surface area (Å²) in [7, 11) is 0. The summed E-state index contributed by atoms with van der Waals surface area (Å²) in [6.07, 6.45) is 5.00. The highest BCUT2D eigenvalue weighted by atomic mass is 16.5. The Labute approximate surface area is 160 Å². The van der Waals surface area contributed by atoms with Crippen LogP contribution < -0.4 is 10.1 Å². The molecule has 0 radical (unpaired) electrons. The van der Waals surface area contributed by atoms with Gasteiger partial charge in [0.15, 0.2) is 0 Å². The number of hydrogen-bond acceptors (Lipinski definition) is 4. The van der Waals surface area contributed by atoms with E-state index in [9.17, 15) is 0 Å². The number of nitrogens with one attached hydrogen (secondary N) is 1. The molecule has 2 unspecified atom stereocenters. The molecule has 0 aromatic heterocycles. The normalized spacial score (nSPS) is 21.4. The molecule has 0 bridgehead atoms. The Morgan fingerprint density at radius 1 is 1.07 bits per heavy atom. The number of ether oxygens (including phenoxy) is 1. The molecule has 4 heteroatoms. The van der Waals surface area contributed by atoms with Crippen LogP contribution in [0.3, 0.4) is 0 Å². The first kappa shape index (κ1) is 17.7. The van der Waals surface area contributed by atoms with Crippen LogP contribution in [0.2, 0.25) is 0 Å². The predicted octanol–water partition coefficient (Wildman–Crippen LogP) is 4.69. The zero-order chi connectivity index (χ0) is 18.6. The van der Waals surface area contributed by atoms with Crippen molar-refractivity contribution in [1.82, 2.24) is 5.32 Å². The lowest BCUT2D eigenvalue weighted by Gasteiger charge is -2.30. The summed E-state index contributed by atoms with van der Waals surface area (Å²) in [4.78, 5) is 9.58. The summed E-state index contributed by atoms with van der Waals surface area (Å²) in [6.45, 7) is 4.95. The molecule has 4 nitrogen and oxygen atoms in total. The van der Waals surface area contributed by atoms with Crippen LogP contribution in [-0.4, -0.2) is 18.1 Å². The zero-order valence-electron chi connectivity index (χ0n) is 15.8. The molecule has 27 heavy (non-hydrogen) atoms. The van der Waals surface area contributed by atoms with Crippen LogP contribution in [0.1, 0.15) is 37.6 Å². The summed E-state index contributed by atoms with van der Waals surface area (Å²) < 4.78 is 5.96. The van der Waals surface area contributed by atoms with E-state index in [1.807, 2.05) is 36.5 Å². The van der Waals surface area contributed by atoms with E-state index in [0.29, 0.717) is 12.5 Å². The van der Waals surface area contributed by atoms with Gasteiger partial charge in [-0.3, -0.25) is 15.3 Å². The molecule has 2 atom stereocenters. The molecule has 2 heterocycles. The second kappa shape index (κ2) is 7.89. The molecule has 2 aliphatic rings. The largest absolute Gasteiger partial charge is 0.489 e. The van der Waals surface area contributed by atoms with Crippen molar-refractivity contribution in [2.24, 2.45) is 15.9 Å². The van der Waals surface area contributed by atoms with Crippen molar-refractivity contribution in [2.45, 2.75) is 39.2 Å². The van der Waals surface area contributed by atoms with Crippen LogP contribution >= 0.6 is 0 Å². The number of dihydropyridines is 1. The van der Waals surface area contributed by atoms with Gasteiger partial charge in [-0.15, -0.1) is 0 Å². The molecule has 0 aliphatic carbocycles. The van der Waals surface area contributed by atoms with E-state index in [1.165, 1.54) is 5.71 Å². The second-order valence-corrected chi connectivity index (χ2v) is 7.28. The quantitative estimate of drug-likeness (QED) is 0.842. The van der Waals surface area contributed by atoms with Crippen molar-refractivity contribution in [1.29, 1.82) is 0 Å². The Balaban J connectivity index is 1.47. The highest BCUT2D eigenvalue weighted by Gasteiger charge is 2.26. The Bertz CT molecular complexity index is 884. The number of fused-ring (bicyclic) bond motifs is 1. The van der Waals surface area contributed by atoms with Gasteiger partial charge in [-0.2, -0.15) is 0 Å². The minimum atomic E-state index is -0.109. The SMILES string of the molecule is CC(C)C1=NC2NC(c3cccc(OCc4ccccc4)c3)N=CC2=CC1. The smallest absolute Gasteiger partial charge is 0.128 e. The van der Waals surface area contributed by atoms with Crippen molar-refractivity contribution in [3.8, 4) is 5.75 Å². The fourth-order valence-corrected chi connectivity index (χ4v) is 3.32. The highest BCUT2D eigenvalue weighted by molar-refractivity contribution is 5.92. The van der Waals surface area contributed by atoms with Gasteiger partial charge in [0.2, 0.25) is 0 Å². The fourth-order valence-electron chi connectivity index (χ4n) is 3.32. The maximum Gasteiger partial charge on any atom is 0.128 e. The number of aliphatic imine (C=N–C) groups is 2. The number of rotatable bonds is 5. The summed E-state index contributed by atoms with van der Waals surface area (Å²) in [5.41, 5.74) is 4.64. The van der Waals surface area contributed by atoms with E-state index in [0.717, 1.165) is 28.9 Å². The summed E-state index contributed by atoms with van der Waals surface area (Å²) in [6, 6.07) is 18.3. The van der Waals surface area contributed by atoms with Gasteiger partial charge in [0.05, 0.1) is 0 Å².